The normalized spacial score (nSPS) is 11.3. The Morgan fingerprint density at radius 1 is 0.950 bits per heavy atom. The van der Waals surface area contributed by atoms with Gasteiger partial charge < -0.3 is 14.8 Å². The average Bonchev–Trinajstić information content (AvgIpc) is 3.36. The standard InChI is InChI=1S/C33H34N6O/c1-22-15-27(38-20-24(3)35-21-38)18-28(16-22)39(33(4,5)6)32(40)25-13-12-23(2)30(17-25)37-31-11-7-10-29(36-31)26-9-8-14-34-19-26/h7-21H,1-6H3,(H,36,37). The first-order valence-electron chi connectivity index (χ1n) is 13.3. The molecule has 5 aromatic rings. The van der Waals surface area contributed by atoms with Crippen molar-refractivity contribution in [3.63, 3.8) is 0 Å². The van der Waals surface area contributed by atoms with Gasteiger partial charge in [-0.2, -0.15) is 0 Å². The zero-order chi connectivity index (χ0) is 28.4. The highest BCUT2D eigenvalue weighted by molar-refractivity contribution is 6.07. The van der Waals surface area contributed by atoms with Gasteiger partial charge in [-0.25, -0.2) is 9.97 Å². The number of amides is 1. The summed E-state index contributed by atoms with van der Waals surface area (Å²) in [4.78, 5) is 29.4. The molecule has 40 heavy (non-hydrogen) atoms. The average molecular weight is 531 g/mol. The van der Waals surface area contributed by atoms with Crippen molar-refractivity contribution in [3.05, 3.63) is 114 Å². The van der Waals surface area contributed by atoms with Gasteiger partial charge >= 0.3 is 0 Å². The maximum Gasteiger partial charge on any atom is 0.258 e. The molecule has 0 aliphatic carbocycles. The summed E-state index contributed by atoms with van der Waals surface area (Å²) in [5, 5.41) is 3.42. The van der Waals surface area contributed by atoms with Crippen LogP contribution in [-0.4, -0.2) is 31.0 Å². The second kappa shape index (κ2) is 10.8. The number of rotatable bonds is 6. The lowest BCUT2D eigenvalue weighted by atomic mass is 10.0. The van der Waals surface area contributed by atoms with E-state index in [1.165, 1.54) is 0 Å². The second-order valence-corrected chi connectivity index (χ2v) is 11.1. The van der Waals surface area contributed by atoms with Crippen molar-refractivity contribution in [2.75, 3.05) is 10.2 Å². The Hall–Kier alpha value is -4.78. The summed E-state index contributed by atoms with van der Waals surface area (Å²) in [7, 11) is 0. The second-order valence-electron chi connectivity index (χ2n) is 11.1. The summed E-state index contributed by atoms with van der Waals surface area (Å²) in [6.07, 6.45) is 7.32. The highest BCUT2D eigenvalue weighted by atomic mass is 16.2. The Balaban J connectivity index is 1.49. The van der Waals surface area contributed by atoms with Crippen LogP contribution in [0.5, 0.6) is 0 Å². The van der Waals surface area contributed by atoms with Crippen LogP contribution < -0.4 is 10.2 Å². The van der Waals surface area contributed by atoms with Gasteiger partial charge in [-0.3, -0.25) is 9.78 Å². The minimum Gasteiger partial charge on any atom is -0.340 e. The van der Waals surface area contributed by atoms with Crippen LogP contribution in [0, 0.1) is 20.8 Å². The summed E-state index contributed by atoms with van der Waals surface area (Å²) in [5.41, 5.74) is 7.52. The third kappa shape index (κ3) is 5.78. The highest BCUT2D eigenvalue weighted by Gasteiger charge is 2.30. The number of benzene rings is 2. The van der Waals surface area contributed by atoms with Crippen LogP contribution in [0.2, 0.25) is 0 Å². The van der Waals surface area contributed by atoms with Crippen molar-refractivity contribution in [1.29, 1.82) is 0 Å². The van der Waals surface area contributed by atoms with E-state index >= 15 is 0 Å². The lowest BCUT2D eigenvalue weighted by Crippen LogP contribution is -2.46. The molecule has 0 spiro atoms. The van der Waals surface area contributed by atoms with E-state index in [-0.39, 0.29) is 5.91 Å². The number of hydrogen-bond donors (Lipinski definition) is 1. The van der Waals surface area contributed by atoms with Gasteiger partial charge in [0.25, 0.3) is 5.91 Å². The van der Waals surface area contributed by atoms with Crippen LogP contribution >= 0.6 is 0 Å². The maximum atomic E-state index is 14.2. The quantitative estimate of drug-likeness (QED) is 0.247. The minimum atomic E-state index is -0.467. The number of carbonyl (C=O) groups excluding carboxylic acids is 1. The molecule has 3 aromatic heterocycles. The molecule has 1 N–H and O–H groups in total. The summed E-state index contributed by atoms with van der Waals surface area (Å²) >= 11 is 0. The van der Waals surface area contributed by atoms with Crippen LogP contribution in [0.15, 0.2) is 91.6 Å². The van der Waals surface area contributed by atoms with Crippen LogP contribution in [0.25, 0.3) is 16.9 Å². The number of aryl methyl sites for hydroxylation is 3. The number of hydrogen-bond acceptors (Lipinski definition) is 5. The molecule has 2 aromatic carbocycles. The van der Waals surface area contributed by atoms with Crippen molar-refractivity contribution in [2.24, 2.45) is 0 Å². The minimum absolute atomic E-state index is 0.0778. The zero-order valence-electron chi connectivity index (χ0n) is 23.8. The topological polar surface area (TPSA) is 75.9 Å². The number of pyridine rings is 2. The molecule has 0 bridgehead atoms. The predicted molar refractivity (Wildman–Crippen MR) is 162 cm³/mol. The van der Waals surface area contributed by atoms with Crippen LogP contribution in [0.3, 0.4) is 0 Å². The molecule has 0 saturated heterocycles. The lowest BCUT2D eigenvalue weighted by molar-refractivity contribution is 0.0966. The van der Waals surface area contributed by atoms with Gasteiger partial charge in [0, 0.05) is 52.3 Å². The first kappa shape index (κ1) is 26.8. The number of nitrogens with zero attached hydrogens (tertiary/aromatic N) is 5. The first-order valence-corrected chi connectivity index (χ1v) is 13.3. The largest absolute Gasteiger partial charge is 0.340 e. The molecule has 0 aliphatic rings. The van der Waals surface area contributed by atoms with Crippen LogP contribution in [0.1, 0.15) is 48.0 Å². The number of nitrogens with one attached hydrogen (secondary N) is 1. The number of carbonyl (C=O) groups is 1. The van der Waals surface area contributed by atoms with Gasteiger partial charge in [0.1, 0.15) is 5.82 Å². The van der Waals surface area contributed by atoms with E-state index in [1.807, 2.05) is 91.0 Å². The first-order chi connectivity index (χ1) is 19.1. The molecule has 7 heteroatoms. The van der Waals surface area contributed by atoms with Gasteiger partial charge in [-0.1, -0.05) is 12.1 Å². The molecular weight excluding hydrogens is 496 g/mol. The fourth-order valence-corrected chi connectivity index (χ4v) is 4.73. The fourth-order valence-electron chi connectivity index (χ4n) is 4.73. The number of anilines is 3. The van der Waals surface area contributed by atoms with E-state index in [2.05, 4.69) is 48.2 Å². The van der Waals surface area contributed by atoms with Crippen molar-refractivity contribution in [3.8, 4) is 16.9 Å². The van der Waals surface area contributed by atoms with E-state index < -0.39 is 5.54 Å². The highest BCUT2D eigenvalue weighted by Crippen LogP contribution is 2.31. The molecule has 1 amide bonds. The lowest BCUT2D eigenvalue weighted by Gasteiger charge is -2.36. The smallest absolute Gasteiger partial charge is 0.258 e. The molecule has 0 atom stereocenters. The molecule has 3 heterocycles. The monoisotopic (exact) mass is 530 g/mol. The summed E-state index contributed by atoms with van der Waals surface area (Å²) in [6.45, 7) is 12.2. The van der Waals surface area contributed by atoms with E-state index in [4.69, 9.17) is 4.98 Å². The van der Waals surface area contributed by atoms with Crippen LogP contribution in [-0.2, 0) is 0 Å². The van der Waals surface area contributed by atoms with E-state index in [0.29, 0.717) is 11.4 Å². The van der Waals surface area contributed by atoms with Gasteiger partial charge in [0.15, 0.2) is 0 Å². The zero-order valence-corrected chi connectivity index (χ0v) is 23.8. The van der Waals surface area contributed by atoms with E-state index in [1.54, 1.807) is 18.7 Å². The van der Waals surface area contributed by atoms with Gasteiger partial charge in [0.05, 0.1) is 17.7 Å². The Bertz CT molecular complexity index is 1670. The molecular formula is C33H34N6O. The fraction of sp³-hybridized carbons (Fsp3) is 0.212. The molecule has 0 aliphatic heterocycles. The summed E-state index contributed by atoms with van der Waals surface area (Å²) in [6, 6.07) is 21.7. The third-order valence-electron chi connectivity index (χ3n) is 6.64. The van der Waals surface area contributed by atoms with Crippen molar-refractivity contribution in [2.45, 2.75) is 47.1 Å². The van der Waals surface area contributed by atoms with Gasteiger partial charge in [-0.15, -0.1) is 0 Å². The predicted octanol–water partition coefficient (Wildman–Crippen LogP) is 7.44. The Morgan fingerprint density at radius 2 is 1.77 bits per heavy atom. The summed E-state index contributed by atoms with van der Waals surface area (Å²) in [5.74, 6) is 0.617. The van der Waals surface area contributed by atoms with E-state index in [0.717, 1.165) is 45.1 Å². The van der Waals surface area contributed by atoms with E-state index in [9.17, 15) is 4.79 Å². The third-order valence-corrected chi connectivity index (χ3v) is 6.64. The molecule has 0 fully saturated rings. The molecule has 0 saturated carbocycles. The summed E-state index contributed by atoms with van der Waals surface area (Å²) < 4.78 is 1.98. The van der Waals surface area contributed by atoms with Gasteiger partial charge in [0.2, 0.25) is 0 Å². The van der Waals surface area contributed by atoms with Crippen molar-refractivity contribution in [1.82, 2.24) is 19.5 Å². The Kier molecular flexibility index (Phi) is 7.22. The SMILES string of the molecule is Cc1cc(N(C(=O)c2ccc(C)c(Nc3cccc(-c4cccnc4)n3)c2)C(C)(C)C)cc(-n2cnc(C)c2)c1. The van der Waals surface area contributed by atoms with Crippen molar-refractivity contribution < 1.29 is 4.79 Å². The molecule has 0 unspecified atom stereocenters. The maximum absolute atomic E-state index is 14.2. The van der Waals surface area contributed by atoms with Gasteiger partial charge in [-0.05, 0) is 107 Å². The molecule has 5 rings (SSSR count). The Labute approximate surface area is 235 Å². The number of imidazole rings is 1. The van der Waals surface area contributed by atoms with Crippen LogP contribution in [0.4, 0.5) is 17.2 Å². The molecule has 7 nitrogen and oxygen atoms in total. The molecule has 0 radical (unpaired) electrons. The number of aromatic nitrogens is 4. The Morgan fingerprint density at radius 3 is 2.48 bits per heavy atom. The van der Waals surface area contributed by atoms with Crippen molar-refractivity contribution >= 4 is 23.1 Å². The molecule has 202 valence electrons.